The molecule has 0 amide bonds. The Kier molecular flexibility index (Phi) is 3.10. The van der Waals surface area contributed by atoms with Gasteiger partial charge in [0.25, 0.3) is 0 Å². The van der Waals surface area contributed by atoms with Crippen molar-refractivity contribution in [3.8, 4) is 11.5 Å². The fraction of sp³-hybridized carbons (Fsp3) is 0.333. The van der Waals surface area contributed by atoms with Gasteiger partial charge in [-0.3, -0.25) is 9.59 Å². The van der Waals surface area contributed by atoms with Crippen LogP contribution < -0.4 is 4.74 Å². The van der Waals surface area contributed by atoms with Gasteiger partial charge in [0, 0.05) is 0 Å². The summed E-state index contributed by atoms with van der Waals surface area (Å²) in [6.07, 6.45) is -0.993. The van der Waals surface area contributed by atoms with Crippen molar-refractivity contribution < 1.29 is 29.3 Å². The van der Waals surface area contributed by atoms with Crippen molar-refractivity contribution >= 4 is 11.9 Å². The second kappa shape index (κ2) is 4.56. The van der Waals surface area contributed by atoms with Gasteiger partial charge in [0.1, 0.15) is 12.0 Å². The van der Waals surface area contributed by atoms with Crippen molar-refractivity contribution in [1.82, 2.24) is 0 Å². The Labute approximate surface area is 103 Å². The first-order valence-corrected chi connectivity index (χ1v) is 5.32. The number of esters is 1. The van der Waals surface area contributed by atoms with Crippen LogP contribution >= 0.6 is 0 Å². The number of hydrogen-bond donors (Lipinski definition) is 2. The maximum absolute atomic E-state index is 11.2. The number of methoxy groups -OCH3 is 1. The zero-order chi connectivity index (χ0) is 13.3. The monoisotopic (exact) mass is 252 g/mol. The normalized spacial score (nSPS) is 22.6. The molecule has 1 saturated heterocycles. The Morgan fingerprint density at radius 2 is 2.22 bits per heavy atom. The van der Waals surface area contributed by atoms with Crippen molar-refractivity contribution in [3.05, 3.63) is 23.8 Å². The summed E-state index contributed by atoms with van der Waals surface area (Å²) in [6.45, 7) is 0. The molecule has 1 fully saturated rings. The van der Waals surface area contributed by atoms with E-state index in [1.165, 1.54) is 25.3 Å². The van der Waals surface area contributed by atoms with Gasteiger partial charge in [-0.05, 0) is 17.7 Å². The largest absolute Gasteiger partial charge is 0.504 e. The van der Waals surface area contributed by atoms with Gasteiger partial charge < -0.3 is 19.7 Å². The van der Waals surface area contributed by atoms with Gasteiger partial charge >= 0.3 is 11.9 Å². The van der Waals surface area contributed by atoms with Crippen LogP contribution in [0.25, 0.3) is 0 Å². The Bertz CT molecular complexity index is 495. The van der Waals surface area contributed by atoms with E-state index in [2.05, 4.69) is 0 Å². The molecular formula is C12H12O6. The van der Waals surface area contributed by atoms with Crippen LogP contribution in [0, 0.1) is 5.92 Å². The molecular weight excluding hydrogens is 240 g/mol. The summed E-state index contributed by atoms with van der Waals surface area (Å²) in [5.41, 5.74) is 0.489. The molecule has 1 aliphatic heterocycles. The molecule has 2 N–H and O–H groups in total. The summed E-state index contributed by atoms with van der Waals surface area (Å²) >= 11 is 0. The number of carboxylic acid groups (broad SMARTS) is 1. The van der Waals surface area contributed by atoms with Crippen LogP contribution in [-0.4, -0.2) is 29.3 Å². The number of ether oxygens (including phenoxy) is 2. The van der Waals surface area contributed by atoms with Crippen LogP contribution in [0.1, 0.15) is 18.1 Å². The van der Waals surface area contributed by atoms with Crippen molar-refractivity contribution in [2.24, 2.45) is 5.92 Å². The molecule has 0 radical (unpaired) electrons. The van der Waals surface area contributed by atoms with Crippen LogP contribution in [0.4, 0.5) is 0 Å². The number of benzene rings is 1. The van der Waals surface area contributed by atoms with E-state index >= 15 is 0 Å². The highest BCUT2D eigenvalue weighted by molar-refractivity contribution is 5.82. The lowest BCUT2D eigenvalue weighted by atomic mass is 9.95. The summed E-state index contributed by atoms with van der Waals surface area (Å²) in [5.74, 6) is -2.39. The number of phenolic OH excluding ortho intramolecular Hbond substituents is 1. The van der Waals surface area contributed by atoms with Crippen molar-refractivity contribution in [1.29, 1.82) is 0 Å². The Balaban J connectivity index is 2.35. The molecule has 2 atom stereocenters. The number of carbonyl (C=O) groups excluding carboxylic acids is 1. The molecule has 0 unspecified atom stereocenters. The summed E-state index contributed by atoms with van der Waals surface area (Å²) in [7, 11) is 1.38. The topological polar surface area (TPSA) is 93.1 Å². The van der Waals surface area contributed by atoms with E-state index in [9.17, 15) is 14.7 Å². The zero-order valence-electron chi connectivity index (χ0n) is 9.62. The van der Waals surface area contributed by atoms with Crippen LogP contribution in [0.2, 0.25) is 0 Å². The number of carboxylic acids is 1. The molecule has 1 aromatic rings. The molecule has 1 aliphatic rings. The third-order valence-electron chi connectivity index (χ3n) is 2.86. The Hall–Kier alpha value is -2.24. The van der Waals surface area contributed by atoms with E-state index in [4.69, 9.17) is 14.6 Å². The van der Waals surface area contributed by atoms with Crippen molar-refractivity contribution in [2.45, 2.75) is 12.5 Å². The molecule has 1 aromatic carbocycles. The number of phenols is 1. The number of rotatable bonds is 3. The van der Waals surface area contributed by atoms with Gasteiger partial charge in [-0.2, -0.15) is 0 Å². The summed E-state index contributed by atoms with van der Waals surface area (Å²) in [6, 6.07) is 4.35. The summed E-state index contributed by atoms with van der Waals surface area (Å²) in [4.78, 5) is 22.2. The molecule has 2 rings (SSSR count). The van der Waals surface area contributed by atoms with Crippen LogP contribution in [0.5, 0.6) is 11.5 Å². The lowest BCUT2D eigenvalue weighted by Gasteiger charge is -2.15. The number of aliphatic carboxylic acids is 1. The van der Waals surface area contributed by atoms with Crippen molar-refractivity contribution in [3.63, 3.8) is 0 Å². The smallest absolute Gasteiger partial charge is 0.311 e. The first-order valence-electron chi connectivity index (χ1n) is 5.32. The van der Waals surface area contributed by atoms with Crippen LogP contribution in [0.15, 0.2) is 18.2 Å². The maximum Gasteiger partial charge on any atom is 0.311 e. The maximum atomic E-state index is 11.2. The summed E-state index contributed by atoms with van der Waals surface area (Å²) < 4.78 is 9.93. The van der Waals surface area contributed by atoms with Gasteiger partial charge in [0.15, 0.2) is 11.5 Å². The van der Waals surface area contributed by atoms with Gasteiger partial charge in [-0.15, -0.1) is 0 Å². The standard InChI is InChI=1S/C12H12O6/c1-17-9-4-6(2-3-8(9)13)11-7(12(15)16)5-10(14)18-11/h2-4,7,11,13H,5H2,1H3,(H,15,16)/t7-,11+/m0/s1. The number of aromatic hydroxyl groups is 1. The summed E-state index contributed by atoms with van der Waals surface area (Å²) in [5, 5.41) is 18.5. The van der Waals surface area contributed by atoms with Crippen molar-refractivity contribution in [2.75, 3.05) is 7.11 Å². The molecule has 0 aromatic heterocycles. The Morgan fingerprint density at radius 1 is 1.50 bits per heavy atom. The third-order valence-corrected chi connectivity index (χ3v) is 2.86. The number of cyclic esters (lactones) is 1. The molecule has 0 bridgehead atoms. The highest BCUT2D eigenvalue weighted by Crippen LogP contribution is 2.38. The predicted molar refractivity (Wildman–Crippen MR) is 59.2 cm³/mol. The molecule has 6 heteroatoms. The average molecular weight is 252 g/mol. The van der Waals surface area contributed by atoms with Gasteiger partial charge in [0.05, 0.1) is 13.5 Å². The Morgan fingerprint density at radius 3 is 2.83 bits per heavy atom. The van der Waals surface area contributed by atoms with E-state index in [0.717, 1.165) is 0 Å². The average Bonchev–Trinajstić information content (AvgIpc) is 2.72. The molecule has 96 valence electrons. The highest BCUT2D eigenvalue weighted by atomic mass is 16.6. The molecule has 0 saturated carbocycles. The van der Waals surface area contributed by atoms with Crippen LogP contribution in [-0.2, 0) is 14.3 Å². The van der Waals surface area contributed by atoms with E-state index in [-0.39, 0.29) is 17.9 Å². The first kappa shape index (κ1) is 12.2. The molecule has 6 nitrogen and oxygen atoms in total. The van der Waals surface area contributed by atoms with Crippen LogP contribution in [0.3, 0.4) is 0 Å². The second-order valence-electron chi connectivity index (χ2n) is 3.99. The predicted octanol–water partition coefficient (Wildman–Crippen LogP) is 1.09. The zero-order valence-corrected chi connectivity index (χ0v) is 9.62. The molecule has 0 aliphatic carbocycles. The highest BCUT2D eigenvalue weighted by Gasteiger charge is 2.41. The van der Waals surface area contributed by atoms with Gasteiger partial charge in [-0.25, -0.2) is 0 Å². The third kappa shape index (κ3) is 2.09. The van der Waals surface area contributed by atoms with E-state index in [1.54, 1.807) is 0 Å². The molecule has 1 heterocycles. The lowest BCUT2D eigenvalue weighted by molar-refractivity contribution is -0.144. The number of carbonyl (C=O) groups is 2. The first-order chi connectivity index (χ1) is 8.52. The van der Waals surface area contributed by atoms with Gasteiger partial charge in [-0.1, -0.05) is 6.07 Å². The SMILES string of the molecule is COc1cc([C@H]2OC(=O)C[C@@H]2C(=O)O)ccc1O. The van der Waals surface area contributed by atoms with Gasteiger partial charge in [0.2, 0.25) is 0 Å². The minimum absolute atomic E-state index is 0.0579. The van der Waals surface area contributed by atoms with E-state index in [0.29, 0.717) is 5.56 Å². The minimum Gasteiger partial charge on any atom is -0.504 e. The quantitative estimate of drug-likeness (QED) is 0.782. The molecule has 18 heavy (non-hydrogen) atoms. The number of hydrogen-bond acceptors (Lipinski definition) is 5. The fourth-order valence-electron chi connectivity index (χ4n) is 1.95. The molecule has 0 spiro atoms. The van der Waals surface area contributed by atoms with E-state index < -0.39 is 24.0 Å². The van der Waals surface area contributed by atoms with E-state index in [1.807, 2.05) is 0 Å². The second-order valence-corrected chi connectivity index (χ2v) is 3.99. The minimum atomic E-state index is -1.09. The fourth-order valence-corrected chi connectivity index (χ4v) is 1.95. The lowest BCUT2D eigenvalue weighted by Crippen LogP contribution is -2.17.